The van der Waals surface area contributed by atoms with E-state index >= 15 is 0 Å². The maximum atomic E-state index is 9.63. The first-order valence-electron chi connectivity index (χ1n) is 3.95. The van der Waals surface area contributed by atoms with Crippen LogP contribution in [0.25, 0.3) is 9.40 Å². The van der Waals surface area contributed by atoms with Crippen molar-refractivity contribution in [3.63, 3.8) is 0 Å². The lowest BCUT2D eigenvalue weighted by Crippen LogP contribution is -2.02. The highest BCUT2D eigenvalue weighted by atomic mass is 32.1. The summed E-state index contributed by atoms with van der Waals surface area (Å²) < 4.78 is 7.38. The number of fused-ring (bicyclic) bond motifs is 1. The smallest absolute Gasteiger partial charge is 0.111 e. The van der Waals surface area contributed by atoms with E-state index in [1.807, 2.05) is 6.07 Å². The Kier molecular flexibility index (Phi) is 2.64. The largest absolute Gasteiger partial charge is 0.385 e. The zero-order chi connectivity index (χ0) is 9.26. The normalized spacial score (nSPS) is 13.7. The van der Waals surface area contributed by atoms with Gasteiger partial charge in [-0.2, -0.15) is 0 Å². The number of hydrogen-bond donors (Lipinski definition) is 1. The van der Waals surface area contributed by atoms with Gasteiger partial charge < -0.3 is 9.84 Å². The van der Waals surface area contributed by atoms with Crippen molar-refractivity contribution in [3.8, 4) is 0 Å². The Balaban J connectivity index is 2.28. The van der Waals surface area contributed by atoms with Crippen molar-refractivity contribution < 1.29 is 9.84 Å². The molecule has 0 saturated carbocycles. The average Bonchev–Trinajstić information content (AvgIpc) is 2.61. The monoisotopic (exact) mass is 214 g/mol. The van der Waals surface area contributed by atoms with Crippen LogP contribution in [0.1, 0.15) is 11.0 Å². The van der Waals surface area contributed by atoms with Crippen molar-refractivity contribution in [1.82, 2.24) is 0 Å². The Hall–Kier alpha value is -0.420. The van der Waals surface area contributed by atoms with Crippen LogP contribution in [0.4, 0.5) is 0 Å². The molecule has 1 atom stereocenters. The Bertz CT molecular complexity index is 362. The lowest BCUT2D eigenvalue weighted by Gasteiger charge is -2.05. The van der Waals surface area contributed by atoms with Crippen LogP contribution in [0.2, 0.25) is 0 Å². The molecule has 0 spiro atoms. The van der Waals surface area contributed by atoms with Gasteiger partial charge in [0.05, 0.1) is 6.61 Å². The third-order valence-corrected chi connectivity index (χ3v) is 4.01. The predicted molar refractivity (Wildman–Crippen MR) is 56.5 cm³/mol. The molecule has 2 heterocycles. The number of rotatable bonds is 3. The van der Waals surface area contributed by atoms with Gasteiger partial charge in [0, 0.05) is 21.4 Å². The molecule has 0 aliphatic carbocycles. The molecule has 0 saturated heterocycles. The van der Waals surface area contributed by atoms with Gasteiger partial charge in [0.2, 0.25) is 0 Å². The van der Waals surface area contributed by atoms with E-state index in [0.717, 1.165) is 4.88 Å². The number of thiophene rings is 2. The fourth-order valence-corrected chi connectivity index (χ4v) is 3.28. The molecular formula is C9H10O2S2. The van der Waals surface area contributed by atoms with E-state index in [9.17, 15) is 5.11 Å². The van der Waals surface area contributed by atoms with Crippen molar-refractivity contribution in [2.75, 3.05) is 13.7 Å². The fraction of sp³-hybridized carbons (Fsp3) is 0.333. The number of hydrogen-bond acceptors (Lipinski definition) is 4. The molecule has 13 heavy (non-hydrogen) atoms. The number of methoxy groups -OCH3 is 1. The molecule has 0 aliphatic heterocycles. The third-order valence-electron chi connectivity index (χ3n) is 1.81. The van der Waals surface area contributed by atoms with E-state index in [-0.39, 0.29) is 0 Å². The van der Waals surface area contributed by atoms with E-state index in [1.54, 1.807) is 29.8 Å². The molecule has 1 unspecified atom stereocenters. The minimum absolute atomic E-state index is 0.369. The minimum atomic E-state index is -0.477. The van der Waals surface area contributed by atoms with Crippen LogP contribution >= 0.6 is 22.7 Å². The van der Waals surface area contributed by atoms with E-state index in [1.165, 1.54) is 9.40 Å². The summed E-state index contributed by atoms with van der Waals surface area (Å²) in [6, 6.07) is 4.11. The van der Waals surface area contributed by atoms with Gasteiger partial charge in [-0.1, -0.05) is 0 Å². The van der Waals surface area contributed by atoms with Crippen LogP contribution in [-0.4, -0.2) is 18.8 Å². The lowest BCUT2D eigenvalue weighted by molar-refractivity contribution is 0.0667. The minimum Gasteiger partial charge on any atom is -0.385 e. The van der Waals surface area contributed by atoms with Crippen molar-refractivity contribution in [3.05, 3.63) is 22.4 Å². The summed E-state index contributed by atoms with van der Waals surface area (Å²) in [5, 5.41) is 11.7. The zero-order valence-electron chi connectivity index (χ0n) is 7.19. The maximum absolute atomic E-state index is 9.63. The van der Waals surface area contributed by atoms with Gasteiger partial charge in [-0.3, -0.25) is 0 Å². The van der Waals surface area contributed by atoms with Gasteiger partial charge in [0.1, 0.15) is 6.10 Å². The Labute approximate surface area is 84.4 Å². The number of aliphatic hydroxyl groups is 1. The predicted octanol–water partition coefficient (Wildman–Crippen LogP) is 2.64. The fourth-order valence-electron chi connectivity index (χ4n) is 1.19. The summed E-state index contributed by atoms with van der Waals surface area (Å²) in [7, 11) is 1.60. The highest BCUT2D eigenvalue weighted by Gasteiger charge is 2.11. The highest BCUT2D eigenvalue weighted by molar-refractivity contribution is 7.26. The van der Waals surface area contributed by atoms with Gasteiger partial charge in [0.15, 0.2) is 0 Å². The van der Waals surface area contributed by atoms with Crippen LogP contribution in [0, 0.1) is 0 Å². The second kappa shape index (κ2) is 3.75. The van der Waals surface area contributed by atoms with Crippen molar-refractivity contribution in [1.29, 1.82) is 0 Å². The standard InChI is InChI=1S/C9H10O2S2/c1-11-5-6(10)8-4-9-7(13-8)2-3-12-9/h2-4,6,10H,5H2,1H3. The molecule has 0 amide bonds. The van der Waals surface area contributed by atoms with Gasteiger partial charge in [0.25, 0.3) is 0 Å². The Morgan fingerprint density at radius 2 is 2.38 bits per heavy atom. The van der Waals surface area contributed by atoms with Gasteiger partial charge in [-0.25, -0.2) is 0 Å². The summed E-state index contributed by atoms with van der Waals surface area (Å²) in [5.41, 5.74) is 0. The first-order chi connectivity index (χ1) is 6.31. The Morgan fingerprint density at radius 3 is 3.08 bits per heavy atom. The summed E-state index contributed by atoms with van der Waals surface area (Å²) in [6.07, 6.45) is -0.477. The Morgan fingerprint density at radius 1 is 1.54 bits per heavy atom. The van der Waals surface area contributed by atoms with Crippen LogP contribution in [0.3, 0.4) is 0 Å². The van der Waals surface area contributed by atoms with E-state index in [0.29, 0.717) is 6.61 Å². The van der Waals surface area contributed by atoms with Crippen LogP contribution in [0.5, 0.6) is 0 Å². The van der Waals surface area contributed by atoms with Crippen LogP contribution in [-0.2, 0) is 4.74 Å². The van der Waals surface area contributed by atoms with Gasteiger partial charge >= 0.3 is 0 Å². The summed E-state index contributed by atoms with van der Waals surface area (Å²) in [5.74, 6) is 0. The number of aliphatic hydroxyl groups excluding tert-OH is 1. The first-order valence-corrected chi connectivity index (χ1v) is 5.65. The van der Waals surface area contributed by atoms with Gasteiger partial charge in [-0.05, 0) is 17.5 Å². The molecular weight excluding hydrogens is 204 g/mol. The zero-order valence-corrected chi connectivity index (χ0v) is 8.82. The van der Waals surface area contributed by atoms with E-state index in [4.69, 9.17) is 4.74 Å². The van der Waals surface area contributed by atoms with Crippen molar-refractivity contribution in [2.24, 2.45) is 0 Å². The molecule has 2 aromatic heterocycles. The first kappa shape index (κ1) is 9.15. The van der Waals surface area contributed by atoms with Gasteiger partial charge in [-0.15, -0.1) is 22.7 Å². The molecule has 70 valence electrons. The topological polar surface area (TPSA) is 29.5 Å². The van der Waals surface area contributed by atoms with Crippen molar-refractivity contribution >= 4 is 32.1 Å². The molecule has 4 heteroatoms. The SMILES string of the molecule is COCC(O)c1cc2sccc2s1. The average molecular weight is 214 g/mol. The van der Waals surface area contributed by atoms with E-state index < -0.39 is 6.10 Å². The van der Waals surface area contributed by atoms with Crippen LogP contribution < -0.4 is 0 Å². The molecule has 2 aromatic rings. The maximum Gasteiger partial charge on any atom is 0.111 e. The highest BCUT2D eigenvalue weighted by Crippen LogP contribution is 2.33. The summed E-state index contributed by atoms with van der Waals surface area (Å²) >= 11 is 3.33. The molecule has 0 aromatic carbocycles. The quantitative estimate of drug-likeness (QED) is 0.851. The molecule has 2 rings (SSSR count). The second-order valence-corrected chi connectivity index (χ2v) is 4.83. The number of ether oxygens (including phenoxy) is 1. The summed E-state index contributed by atoms with van der Waals surface area (Å²) in [6.45, 7) is 0.369. The van der Waals surface area contributed by atoms with E-state index in [2.05, 4.69) is 11.4 Å². The molecule has 0 aliphatic rings. The third kappa shape index (κ3) is 1.76. The summed E-state index contributed by atoms with van der Waals surface area (Å²) in [4.78, 5) is 0.990. The molecule has 0 fully saturated rings. The molecule has 0 bridgehead atoms. The molecule has 2 nitrogen and oxygen atoms in total. The van der Waals surface area contributed by atoms with Crippen molar-refractivity contribution in [2.45, 2.75) is 6.10 Å². The molecule has 1 N–H and O–H groups in total. The molecule has 0 radical (unpaired) electrons. The lowest BCUT2D eigenvalue weighted by atomic mass is 10.3. The van der Waals surface area contributed by atoms with Crippen LogP contribution in [0.15, 0.2) is 17.5 Å². The second-order valence-electron chi connectivity index (χ2n) is 2.77.